The second-order valence-electron chi connectivity index (χ2n) is 2.85. The molecule has 2 aromatic rings. The molecule has 0 bridgehead atoms. The van der Waals surface area contributed by atoms with Crippen molar-refractivity contribution in [3.05, 3.63) is 26.7 Å². The molecule has 0 aliphatic rings. The topological polar surface area (TPSA) is 43.6 Å². The average Bonchev–Trinajstić information content (AvgIpc) is 2.49. The van der Waals surface area contributed by atoms with Crippen LogP contribution < -0.4 is 0 Å². The van der Waals surface area contributed by atoms with Crippen LogP contribution in [0.1, 0.15) is 0 Å². The van der Waals surface area contributed by atoms with E-state index in [2.05, 4.69) is 31.3 Å². The molecule has 7 heteroatoms. The van der Waals surface area contributed by atoms with Crippen LogP contribution in [0, 0.1) is 0 Å². The Hall–Kier alpha value is -0.650. The molecule has 0 amide bonds. The SMILES string of the molecule is Cn1nnc(-c2c(Cl)cc(Cl)cc2Br)n1. The first-order chi connectivity index (χ1) is 7.08. The summed E-state index contributed by atoms with van der Waals surface area (Å²) >= 11 is 15.2. The van der Waals surface area contributed by atoms with E-state index in [4.69, 9.17) is 23.2 Å². The molecule has 78 valence electrons. The fourth-order valence-corrected chi connectivity index (χ4v) is 2.60. The number of tetrazole rings is 1. The number of halogens is 3. The second-order valence-corrected chi connectivity index (χ2v) is 4.54. The highest BCUT2D eigenvalue weighted by atomic mass is 79.9. The molecule has 0 fully saturated rings. The van der Waals surface area contributed by atoms with Gasteiger partial charge in [-0.15, -0.1) is 10.2 Å². The summed E-state index contributed by atoms with van der Waals surface area (Å²) in [5.41, 5.74) is 0.689. The van der Waals surface area contributed by atoms with Crippen LogP contribution in [0.15, 0.2) is 16.6 Å². The normalized spacial score (nSPS) is 10.7. The largest absolute Gasteiger partial charge is 0.207 e. The van der Waals surface area contributed by atoms with Crippen molar-refractivity contribution in [3.63, 3.8) is 0 Å². The summed E-state index contributed by atoms with van der Waals surface area (Å²) in [5, 5.41) is 12.7. The number of hydrogen-bond donors (Lipinski definition) is 0. The lowest BCUT2D eigenvalue weighted by Crippen LogP contribution is -1.92. The van der Waals surface area contributed by atoms with Gasteiger partial charge in [0.1, 0.15) is 0 Å². The Bertz CT molecular complexity index is 488. The monoisotopic (exact) mass is 306 g/mol. The van der Waals surface area contributed by atoms with Crippen LogP contribution >= 0.6 is 39.1 Å². The third-order valence-electron chi connectivity index (χ3n) is 1.74. The summed E-state index contributed by atoms with van der Waals surface area (Å²) in [5.74, 6) is 0.464. The maximum absolute atomic E-state index is 6.05. The van der Waals surface area contributed by atoms with E-state index in [-0.39, 0.29) is 0 Å². The maximum atomic E-state index is 6.05. The minimum atomic E-state index is 0.464. The van der Waals surface area contributed by atoms with Gasteiger partial charge in [0.15, 0.2) is 0 Å². The molecule has 0 saturated heterocycles. The van der Waals surface area contributed by atoms with Crippen molar-refractivity contribution < 1.29 is 0 Å². The first-order valence-corrected chi connectivity index (χ1v) is 5.52. The summed E-state index contributed by atoms with van der Waals surface area (Å²) in [6, 6.07) is 3.37. The Morgan fingerprint density at radius 3 is 2.60 bits per heavy atom. The fourth-order valence-electron chi connectivity index (χ4n) is 1.14. The Kier molecular flexibility index (Phi) is 2.95. The summed E-state index contributed by atoms with van der Waals surface area (Å²) in [4.78, 5) is 1.37. The van der Waals surface area contributed by atoms with Gasteiger partial charge in [-0.25, -0.2) is 0 Å². The van der Waals surface area contributed by atoms with Crippen molar-refractivity contribution in [3.8, 4) is 11.4 Å². The molecule has 15 heavy (non-hydrogen) atoms. The van der Waals surface area contributed by atoms with Gasteiger partial charge in [0.05, 0.1) is 17.6 Å². The summed E-state index contributed by atoms with van der Waals surface area (Å²) in [7, 11) is 1.69. The van der Waals surface area contributed by atoms with Crippen LogP contribution in [-0.2, 0) is 7.05 Å². The lowest BCUT2D eigenvalue weighted by molar-refractivity contribution is 0.630. The molecule has 2 rings (SSSR count). The van der Waals surface area contributed by atoms with E-state index >= 15 is 0 Å². The van der Waals surface area contributed by atoms with Crippen LogP contribution in [0.2, 0.25) is 10.0 Å². The van der Waals surface area contributed by atoms with E-state index in [0.29, 0.717) is 21.4 Å². The average molecular weight is 308 g/mol. The lowest BCUT2D eigenvalue weighted by Gasteiger charge is -2.02. The molecule has 4 nitrogen and oxygen atoms in total. The summed E-state index contributed by atoms with van der Waals surface area (Å²) in [6.45, 7) is 0. The predicted molar refractivity (Wildman–Crippen MR) is 62.0 cm³/mol. The lowest BCUT2D eigenvalue weighted by atomic mass is 10.2. The van der Waals surface area contributed by atoms with Crippen LogP contribution in [0.4, 0.5) is 0 Å². The van der Waals surface area contributed by atoms with Crippen LogP contribution in [0.25, 0.3) is 11.4 Å². The molecule has 0 radical (unpaired) electrons. The van der Waals surface area contributed by atoms with Crippen molar-refractivity contribution in [2.24, 2.45) is 7.05 Å². The molecule has 1 aromatic heterocycles. The highest BCUT2D eigenvalue weighted by Crippen LogP contribution is 2.35. The molecular weight excluding hydrogens is 303 g/mol. The maximum Gasteiger partial charge on any atom is 0.207 e. The molecule has 0 aliphatic carbocycles. The third-order valence-corrected chi connectivity index (χ3v) is 2.88. The van der Waals surface area contributed by atoms with Crippen molar-refractivity contribution >= 4 is 39.1 Å². The number of nitrogens with zero attached hydrogens (tertiary/aromatic N) is 4. The zero-order valence-electron chi connectivity index (χ0n) is 7.58. The van der Waals surface area contributed by atoms with Gasteiger partial charge in [-0.05, 0) is 33.3 Å². The van der Waals surface area contributed by atoms with Crippen molar-refractivity contribution in [1.82, 2.24) is 20.2 Å². The number of rotatable bonds is 1. The standard InChI is InChI=1S/C8H5BrCl2N4/c1-15-13-8(12-14-15)7-5(9)2-4(10)3-6(7)11/h2-3H,1H3. The Morgan fingerprint density at radius 1 is 1.33 bits per heavy atom. The third kappa shape index (κ3) is 2.14. The molecule has 0 N–H and O–H groups in total. The first-order valence-electron chi connectivity index (χ1n) is 3.97. The van der Waals surface area contributed by atoms with Gasteiger partial charge in [-0.1, -0.05) is 23.2 Å². The minimum absolute atomic E-state index is 0.464. The van der Waals surface area contributed by atoms with E-state index in [1.165, 1.54) is 4.80 Å². The van der Waals surface area contributed by atoms with Crippen LogP contribution in [0.5, 0.6) is 0 Å². The molecule has 0 spiro atoms. The van der Waals surface area contributed by atoms with Gasteiger partial charge in [0, 0.05) is 9.50 Å². The minimum Gasteiger partial charge on any atom is -0.167 e. The van der Waals surface area contributed by atoms with E-state index < -0.39 is 0 Å². The summed E-state index contributed by atoms with van der Waals surface area (Å²) < 4.78 is 0.744. The zero-order valence-corrected chi connectivity index (χ0v) is 10.7. The van der Waals surface area contributed by atoms with Crippen LogP contribution in [0.3, 0.4) is 0 Å². The van der Waals surface area contributed by atoms with Crippen molar-refractivity contribution in [2.75, 3.05) is 0 Å². The van der Waals surface area contributed by atoms with E-state index in [9.17, 15) is 0 Å². The molecule has 0 atom stereocenters. The van der Waals surface area contributed by atoms with Gasteiger partial charge in [-0.3, -0.25) is 0 Å². The smallest absolute Gasteiger partial charge is 0.167 e. The Morgan fingerprint density at radius 2 is 2.07 bits per heavy atom. The molecule has 0 unspecified atom stereocenters. The van der Waals surface area contributed by atoms with Gasteiger partial charge in [0.2, 0.25) is 5.82 Å². The predicted octanol–water partition coefficient (Wildman–Crippen LogP) is 2.95. The Balaban J connectivity index is 2.62. The number of aryl methyl sites for hydroxylation is 1. The van der Waals surface area contributed by atoms with E-state index in [0.717, 1.165) is 4.47 Å². The number of hydrogen-bond acceptors (Lipinski definition) is 3. The summed E-state index contributed by atoms with van der Waals surface area (Å²) in [6.07, 6.45) is 0. The van der Waals surface area contributed by atoms with E-state index in [1.807, 2.05) is 0 Å². The van der Waals surface area contributed by atoms with Crippen molar-refractivity contribution in [2.45, 2.75) is 0 Å². The highest BCUT2D eigenvalue weighted by Gasteiger charge is 2.14. The molecule has 0 aliphatic heterocycles. The quantitative estimate of drug-likeness (QED) is 0.813. The molecule has 1 heterocycles. The van der Waals surface area contributed by atoms with E-state index in [1.54, 1.807) is 19.2 Å². The number of benzene rings is 1. The van der Waals surface area contributed by atoms with Gasteiger partial charge >= 0.3 is 0 Å². The first kappa shape index (κ1) is 10.9. The Labute approximate surface area is 104 Å². The zero-order chi connectivity index (χ0) is 11.0. The van der Waals surface area contributed by atoms with Gasteiger partial charge in [0.25, 0.3) is 0 Å². The second kappa shape index (κ2) is 4.08. The molecule has 1 aromatic carbocycles. The van der Waals surface area contributed by atoms with Crippen LogP contribution in [-0.4, -0.2) is 20.2 Å². The van der Waals surface area contributed by atoms with Gasteiger partial charge < -0.3 is 0 Å². The molecule has 0 saturated carbocycles. The highest BCUT2D eigenvalue weighted by molar-refractivity contribution is 9.10. The van der Waals surface area contributed by atoms with Crippen molar-refractivity contribution in [1.29, 1.82) is 0 Å². The fraction of sp³-hybridized carbons (Fsp3) is 0.125. The van der Waals surface area contributed by atoms with Gasteiger partial charge in [-0.2, -0.15) is 4.80 Å². The number of aromatic nitrogens is 4. The molecular formula is C8H5BrCl2N4.